The van der Waals surface area contributed by atoms with Crippen LogP contribution < -0.4 is 5.32 Å². The van der Waals surface area contributed by atoms with Crippen molar-refractivity contribution in [2.45, 2.75) is 45.0 Å². The van der Waals surface area contributed by atoms with Crippen molar-refractivity contribution in [3.05, 3.63) is 35.4 Å². The molecule has 2 fully saturated rings. The molecule has 144 valence electrons. The summed E-state index contributed by atoms with van der Waals surface area (Å²) in [5, 5.41) is 13.8. The summed E-state index contributed by atoms with van der Waals surface area (Å²) in [4.78, 5) is 6.91. The van der Waals surface area contributed by atoms with Crippen LogP contribution in [0.5, 0.6) is 0 Å². The molecule has 0 amide bonds. The summed E-state index contributed by atoms with van der Waals surface area (Å²) in [5.74, 6) is 0.838. The average Bonchev–Trinajstić information content (AvgIpc) is 3.20. The van der Waals surface area contributed by atoms with Crippen LogP contribution in [0.4, 0.5) is 0 Å². The van der Waals surface area contributed by atoms with Crippen molar-refractivity contribution in [3.8, 4) is 0 Å². The van der Waals surface area contributed by atoms with E-state index in [1.165, 1.54) is 5.56 Å². The number of hydrogen-bond acceptors (Lipinski definition) is 4. The van der Waals surface area contributed by atoms with Crippen LogP contribution in [0.1, 0.15) is 37.0 Å². The van der Waals surface area contributed by atoms with Gasteiger partial charge in [0.2, 0.25) is 0 Å². The van der Waals surface area contributed by atoms with Gasteiger partial charge in [0.1, 0.15) is 6.10 Å². The highest BCUT2D eigenvalue weighted by Crippen LogP contribution is 2.21. The SMILES string of the molecule is CCNC(=NCC(O)c1ccc(C)cc1)N1CCOC(C2CCCO2)C1. The summed E-state index contributed by atoms with van der Waals surface area (Å²) in [6.45, 7) is 8.32. The third kappa shape index (κ3) is 4.96. The summed E-state index contributed by atoms with van der Waals surface area (Å²) in [6, 6.07) is 7.96. The molecule has 3 atom stereocenters. The van der Waals surface area contributed by atoms with Gasteiger partial charge in [-0.15, -0.1) is 0 Å². The number of nitrogens with one attached hydrogen (secondary N) is 1. The van der Waals surface area contributed by atoms with E-state index in [0.29, 0.717) is 13.2 Å². The molecule has 2 aliphatic heterocycles. The number of hydrogen-bond donors (Lipinski definition) is 2. The quantitative estimate of drug-likeness (QED) is 0.619. The number of aryl methyl sites for hydroxylation is 1. The van der Waals surface area contributed by atoms with E-state index in [1.807, 2.05) is 31.2 Å². The first-order chi connectivity index (χ1) is 12.7. The van der Waals surface area contributed by atoms with Crippen LogP contribution in [0.2, 0.25) is 0 Å². The van der Waals surface area contributed by atoms with Crippen molar-refractivity contribution in [2.24, 2.45) is 4.99 Å². The maximum absolute atomic E-state index is 10.5. The van der Waals surface area contributed by atoms with Crippen LogP contribution >= 0.6 is 0 Å². The second-order valence-corrected chi connectivity index (χ2v) is 7.03. The Hall–Kier alpha value is -1.63. The topological polar surface area (TPSA) is 66.3 Å². The molecule has 0 bridgehead atoms. The highest BCUT2D eigenvalue weighted by atomic mass is 16.5. The molecule has 0 aromatic heterocycles. The Morgan fingerprint density at radius 1 is 1.27 bits per heavy atom. The van der Waals surface area contributed by atoms with Crippen molar-refractivity contribution in [1.29, 1.82) is 0 Å². The Bertz CT molecular complexity index is 584. The summed E-state index contributed by atoms with van der Waals surface area (Å²) < 4.78 is 11.7. The Morgan fingerprint density at radius 2 is 2.04 bits per heavy atom. The predicted molar refractivity (Wildman–Crippen MR) is 102 cm³/mol. The number of nitrogens with zero attached hydrogens (tertiary/aromatic N) is 2. The number of benzene rings is 1. The largest absolute Gasteiger partial charge is 0.386 e. The van der Waals surface area contributed by atoms with Crippen molar-refractivity contribution in [2.75, 3.05) is 39.4 Å². The van der Waals surface area contributed by atoms with Gasteiger partial charge in [-0.2, -0.15) is 0 Å². The molecule has 26 heavy (non-hydrogen) atoms. The normalized spacial score (nSPS) is 25.3. The molecular weight excluding hydrogens is 330 g/mol. The van der Waals surface area contributed by atoms with Gasteiger partial charge in [-0.3, -0.25) is 4.99 Å². The molecule has 1 aromatic carbocycles. The zero-order chi connectivity index (χ0) is 18.4. The molecule has 2 N–H and O–H groups in total. The molecule has 3 rings (SSSR count). The number of rotatable bonds is 5. The zero-order valence-corrected chi connectivity index (χ0v) is 15.9. The molecular formula is C20H31N3O3. The van der Waals surface area contributed by atoms with Gasteiger partial charge in [-0.25, -0.2) is 0 Å². The predicted octanol–water partition coefficient (Wildman–Crippen LogP) is 1.87. The van der Waals surface area contributed by atoms with Crippen molar-refractivity contribution < 1.29 is 14.6 Å². The van der Waals surface area contributed by atoms with Gasteiger partial charge in [0.25, 0.3) is 0 Å². The molecule has 2 saturated heterocycles. The molecule has 6 nitrogen and oxygen atoms in total. The number of aliphatic hydroxyl groups excluding tert-OH is 1. The van der Waals surface area contributed by atoms with Crippen LogP contribution in [0.15, 0.2) is 29.3 Å². The van der Waals surface area contributed by atoms with Gasteiger partial charge < -0.3 is 24.8 Å². The second kappa shape index (κ2) is 9.35. The lowest BCUT2D eigenvalue weighted by atomic mass is 10.1. The molecule has 0 radical (unpaired) electrons. The van der Waals surface area contributed by atoms with E-state index < -0.39 is 6.10 Å². The maximum atomic E-state index is 10.5. The number of ether oxygens (including phenoxy) is 2. The Balaban J connectivity index is 1.63. The monoisotopic (exact) mass is 361 g/mol. The average molecular weight is 361 g/mol. The third-order valence-electron chi connectivity index (χ3n) is 4.98. The standard InChI is InChI=1S/C20H31N3O3/c1-3-21-20(22-13-17(24)16-8-6-15(2)7-9-16)23-10-12-26-19(14-23)18-5-4-11-25-18/h6-9,17-19,24H,3-5,10-14H2,1-2H3,(H,21,22). The van der Waals surface area contributed by atoms with Gasteiger partial charge in [0.05, 0.1) is 25.4 Å². The van der Waals surface area contributed by atoms with Gasteiger partial charge in [-0.1, -0.05) is 29.8 Å². The molecule has 0 saturated carbocycles. The first kappa shape index (κ1) is 19.1. The number of aliphatic hydroxyl groups is 1. The lowest BCUT2D eigenvalue weighted by Gasteiger charge is -2.37. The third-order valence-corrected chi connectivity index (χ3v) is 4.98. The summed E-state index contributed by atoms with van der Waals surface area (Å²) in [5.41, 5.74) is 2.08. The number of guanidine groups is 1. The van der Waals surface area contributed by atoms with Crippen LogP contribution in [-0.2, 0) is 9.47 Å². The molecule has 2 aliphatic rings. The van der Waals surface area contributed by atoms with E-state index in [-0.39, 0.29) is 12.2 Å². The highest BCUT2D eigenvalue weighted by molar-refractivity contribution is 5.80. The Kier molecular flexibility index (Phi) is 6.88. The minimum Gasteiger partial charge on any atom is -0.386 e. The fourth-order valence-corrected chi connectivity index (χ4v) is 3.48. The lowest BCUT2D eigenvalue weighted by Crippen LogP contribution is -2.53. The fourth-order valence-electron chi connectivity index (χ4n) is 3.48. The summed E-state index contributed by atoms with van der Waals surface area (Å²) in [6.07, 6.45) is 1.87. The van der Waals surface area contributed by atoms with Crippen molar-refractivity contribution in [1.82, 2.24) is 10.2 Å². The second-order valence-electron chi connectivity index (χ2n) is 7.03. The van der Waals surface area contributed by atoms with Crippen LogP contribution in [0.3, 0.4) is 0 Å². The Labute approximate surface area is 156 Å². The first-order valence-corrected chi connectivity index (χ1v) is 9.68. The minimum absolute atomic E-state index is 0.0946. The van der Waals surface area contributed by atoms with Crippen molar-refractivity contribution >= 4 is 5.96 Å². The summed E-state index contributed by atoms with van der Waals surface area (Å²) >= 11 is 0. The smallest absolute Gasteiger partial charge is 0.194 e. The van der Waals surface area contributed by atoms with Crippen molar-refractivity contribution in [3.63, 3.8) is 0 Å². The van der Waals surface area contributed by atoms with Gasteiger partial charge in [0.15, 0.2) is 5.96 Å². The molecule has 2 heterocycles. The summed E-state index contributed by atoms with van der Waals surface area (Å²) in [7, 11) is 0. The van der Waals surface area contributed by atoms with E-state index in [2.05, 4.69) is 22.1 Å². The van der Waals surface area contributed by atoms with E-state index in [9.17, 15) is 5.11 Å². The van der Waals surface area contributed by atoms with E-state index in [4.69, 9.17) is 9.47 Å². The van der Waals surface area contributed by atoms with Crippen LogP contribution in [0, 0.1) is 6.92 Å². The number of aliphatic imine (C=N–C) groups is 1. The van der Waals surface area contributed by atoms with E-state index >= 15 is 0 Å². The molecule has 0 aliphatic carbocycles. The molecule has 0 spiro atoms. The fraction of sp³-hybridized carbons (Fsp3) is 0.650. The lowest BCUT2D eigenvalue weighted by molar-refractivity contribution is -0.0817. The van der Waals surface area contributed by atoms with Crippen LogP contribution in [-0.4, -0.2) is 67.6 Å². The maximum Gasteiger partial charge on any atom is 0.194 e. The molecule has 6 heteroatoms. The van der Waals surface area contributed by atoms with Crippen LogP contribution in [0.25, 0.3) is 0 Å². The molecule has 3 unspecified atom stereocenters. The zero-order valence-electron chi connectivity index (χ0n) is 15.9. The van der Waals surface area contributed by atoms with Gasteiger partial charge >= 0.3 is 0 Å². The van der Waals surface area contributed by atoms with E-state index in [0.717, 1.165) is 50.6 Å². The number of morpholine rings is 1. The first-order valence-electron chi connectivity index (χ1n) is 9.68. The van der Waals surface area contributed by atoms with Gasteiger partial charge in [0, 0.05) is 26.2 Å². The van der Waals surface area contributed by atoms with Gasteiger partial charge in [-0.05, 0) is 32.3 Å². The minimum atomic E-state index is -0.598. The highest BCUT2D eigenvalue weighted by Gasteiger charge is 2.32. The molecule has 1 aromatic rings. The Morgan fingerprint density at radius 3 is 2.73 bits per heavy atom. The van der Waals surface area contributed by atoms with E-state index in [1.54, 1.807) is 0 Å².